The zero-order chi connectivity index (χ0) is 13.0. The molecule has 1 saturated carbocycles. The zero-order valence-corrected chi connectivity index (χ0v) is 10.9. The van der Waals surface area contributed by atoms with Gasteiger partial charge in [-0.3, -0.25) is 4.79 Å². The Morgan fingerprint density at radius 2 is 1.88 bits per heavy atom. The first-order valence-electron chi connectivity index (χ1n) is 6.48. The standard InChI is InChI=1S/C14H24O3/c1-9(2)12-6-4-10(3)13(16)7-5-11(15)8-14(12)17/h9,11-13,15-16H,3-8H2,1-2H3. The number of carbonyl (C=O) groups is 1. The molecule has 1 aliphatic rings. The van der Waals surface area contributed by atoms with E-state index in [1.54, 1.807) is 0 Å². The topological polar surface area (TPSA) is 57.5 Å². The predicted molar refractivity (Wildman–Crippen MR) is 67.6 cm³/mol. The molecule has 0 aromatic heterocycles. The molecule has 1 rings (SSSR count). The molecule has 3 nitrogen and oxygen atoms in total. The first kappa shape index (κ1) is 14.4. The molecule has 1 aliphatic carbocycles. The summed E-state index contributed by atoms with van der Waals surface area (Å²) >= 11 is 0. The molecular formula is C14H24O3. The maximum atomic E-state index is 12.0. The van der Waals surface area contributed by atoms with Crippen molar-refractivity contribution in [1.82, 2.24) is 0 Å². The van der Waals surface area contributed by atoms with Crippen molar-refractivity contribution in [2.24, 2.45) is 11.8 Å². The van der Waals surface area contributed by atoms with Crippen molar-refractivity contribution in [3.8, 4) is 0 Å². The Morgan fingerprint density at radius 3 is 2.47 bits per heavy atom. The van der Waals surface area contributed by atoms with E-state index in [1.165, 1.54) is 0 Å². The minimum Gasteiger partial charge on any atom is -0.393 e. The average molecular weight is 240 g/mol. The van der Waals surface area contributed by atoms with Crippen LogP contribution in [-0.4, -0.2) is 28.2 Å². The van der Waals surface area contributed by atoms with E-state index in [2.05, 4.69) is 6.58 Å². The highest BCUT2D eigenvalue weighted by molar-refractivity contribution is 5.81. The quantitative estimate of drug-likeness (QED) is 0.690. The Balaban J connectivity index is 2.75. The highest BCUT2D eigenvalue weighted by atomic mass is 16.3. The number of hydrogen-bond acceptors (Lipinski definition) is 3. The van der Waals surface area contributed by atoms with Gasteiger partial charge in [-0.2, -0.15) is 0 Å². The number of rotatable bonds is 1. The molecule has 0 spiro atoms. The third-order valence-electron chi connectivity index (χ3n) is 3.68. The Morgan fingerprint density at radius 1 is 1.24 bits per heavy atom. The van der Waals surface area contributed by atoms with Crippen LogP contribution in [-0.2, 0) is 4.79 Å². The fourth-order valence-corrected chi connectivity index (χ4v) is 2.41. The Bertz CT molecular complexity index is 283. The summed E-state index contributed by atoms with van der Waals surface area (Å²) in [6, 6.07) is 0. The predicted octanol–water partition coefficient (Wildman–Crippen LogP) is 2.07. The summed E-state index contributed by atoms with van der Waals surface area (Å²) in [7, 11) is 0. The van der Waals surface area contributed by atoms with Gasteiger partial charge in [-0.05, 0) is 37.2 Å². The summed E-state index contributed by atoms with van der Waals surface area (Å²) < 4.78 is 0. The summed E-state index contributed by atoms with van der Waals surface area (Å²) in [6.07, 6.45) is 1.47. The van der Waals surface area contributed by atoms with Gasteiger partial charge in [-0.15, -0.1) is 0 Å². The lowest BCUT2D eigenvalue weighted by atomic mass is 9.82. The van der Waals surface area contributed by atoms with E-state index in [1.807, 2.05) is 13.8 Å². The molecule has 0 bridgehead atoms. The van der Waals surface area contributed by atoms with Crippen LogP contribution in [0.5, 0.6) is 0 Å². The highest BCUT2D eigenvalue weighted by Crippen LogP contribution is 2.26. The number of Topliss-reactive ketones (excluding diaryl/α,β-unsaturated/α-hetero) is 1. The van der Waals surface area contributed by atoms with Gasteiger partial charge in [0.05, 0.1) is 12.2 Å². The van der Waals surface area contributed by atoms with Gasteiger partial charge in [0, 0.05) is 12.3 Å². The molecule has 0 aromatic rings. The van der Waals surface area contributed by atoms with Crippen LogP contribution in [0.25, 0.3) is 0 Å². The third-order valence-corrected chi connectivity index (χ3v) is 3.68. The Kier molecular flexibility index (Phi) is 5.34. The number of carbonyl (C=O) groups excluding carboxylic acids is 1. The molecule has 1 fully saturated rings. The number of aliphatic hydroxyl groups is 2. The van der Waals surface area contributed by atoms with E-state index in [4.69, 9.17) is 0 Å². The lowest BCUT2D eigenvalue weighted by Crippen LogP contribution is -2.27. The largest absolute Gasteiger partial charge is 0.393 e. The second kappa shape index (κ2) is 6.31. The highest BCUT2D eigenvalue weighted by Gasteiger charge is 2.26. The van der Waals surface area contributed by atoms with E-state index >= 15 is 0 Å². The molecule has 0 amide bonds. The minimum atomic E-state index is -0.621. The zero-order valence-electron chi connectivity index (χ0n) is 10.9. The van der Waals surface area contributed by atoms with Crippen molar-refractivity contribution in [2.75, 3.05) is 0 Å². The van der Waals surface area contributed by atoms with Gasteiger partial charge >= 0.3 is 0 Å². The molecule has 3 unspecified atom stereocenters. The van der Waals surface area contributed by atoms with E-state index < -0.39 is 12.2 Å². The van der Waals surface area contributed by atoms with Crippen molar-refractivity contribution in [3.63, 3.8) is 0 Å². The fraction of sp³-hybridized carbons (Fsp3) is 0.786. The molecule has 0 saturated heterocycles. The van der Waals surface area contributed by atoms with Crippen molar-refractivity contribution in [1.29, 1.82) is 0 Å². The molecule has 0 heterocycles. The van der Waals surface area contributed by atoms with Gasteiger partial charge in [-0.1, -0.05) is 20.4 Å². The van der Waals surface area contributed by atoms with Crippen LogP contribution < -0.4 is 0 Å². The van der Waals surface area contributed by atoms with Crippen LogP contribution >= 0.6 is 0 Å². The maximum Gasteiger partial charge on any atom is 0.138 e. The molecule has 3 heteroatoms. The average Bonchev–Trinajstić information content (AvgIpc) is 2.24. The monoisotopic (exact) mass is 240 g/mol. The molecule has 0 radical (unpaired) electrons. The van der Waals surface area contributed by atoms with E-state index in [-0.39, 0.29) is 24.0 Å². The minimum absolute atomic E-state index is 0.0216. The van der Waals surface area contributed by atoms with Gasteiger partial charge in [0.25, 0.3) is 0 Å². The van der Waals surface area contributed by atoms with Crippen LogP contribution in [0.3, 0.4) is 0 Å². The number of aliphatic hydroxyl groups excluding tert-OH is 2. The van der Waals surface area contributed by atoms with Gasteiger partial charge < -0.3 is 10.2 Å². The lowest BCUT2D eigenvalue weighted by Gasteiger charge is -2.25. The second-order valence-electron chi connectivity index (χ2n) is 5.46. The van der Waals surface area contributed by atoms with Crippen molar-refractivity contribution < 1.29 is 15.0 Å². The number of ketones is 1. The van der Waals surface area contributed by atoms with Crippen molar-refractivity contribution >= 4 is 5.78 Å². The van der Waals surface area contributed by atoms with E-state index in [0.717, 1.165) is 12.0 Å². The molecule has 0 aromatic carbocycles. The normalized spacial score (nSPS) is 32.9. The summed E-state index contributed by atoms with van der Waals surface area (Å²) in [5.41, 5.74) is 0.789. The lowest BCUT2D eigenvalue weighted by molar-refractivity contribution is -0.126. The Hall–Kier alpha value is -0.670. The summed E-state index contributed by atoms with van der Waals surface area (Å²) in [5.74, 6) is 0.405. The van der Waals surface area contributed by atoms with Crippen LogP contribution in [0.2, 0.25) is 0 Å². The van der Waals surface area contributed by atoms with Crippen molar-refractivity contribution in [2.45, 2.75) is 58.2 Å². The summed E-state index contributed by atoms with van der Waals surface area (Å²) in [5, 5.41) is 19.6. The molecular weight excluding hydrogens is 216 g/mol. The molecule has 2 N–H and O–H groups in total. The Labute approximate surface area is 104 Å². The van der Waals surface area contributed by atoms with Gasteiger partial charge in [-0.25, -0.2) is 0 Å². The third kappa shape index (κ3) is 4.25. The first-order chi connectivity index (χ1) is 7.91. The van der Waals surface area contributed by atoms with E-state index in [0.29, 0.717) is 19.3 Å². The van der Waals surface area contributed by atoms with Gasteiger partial charge in [0.2, 0.25) is 0 Å². The number of hydrogen-bond donors (Lipinski definition) is 2. The molecule has 17 heavy (non-hydrogen) atoms. The van der Waals surface area contributed by atoms with Crippen LogP contribution in [0, 0.1) is 11.8 Å². The van der Waals surface area contributed by atoms with Crippen molar-refractivity contribution in [3.05, 3.63) is 12.2 Å². The van der Waals surface area contributed by atoms with Crippen LogP contribution in [0.1, 0.15) is 46.0 Å². The van der Waals surface area contributed by atoms with Crippen LogP contribution in [0.4, 0.5) is 0 Å². The van der Waals surface area contributed by atoms with E-state index in [9.17, 15) is 15.0 Å². The molecule has 3 atom stereocenters. The second-order valence-corrected chi connectivity index (χ2v) is 5.46. The first-order valence-corrected chi connectivity index (χ1v) is 6.48. The summed E-state index contributed by atoms with van der Waals surface area (Å²) in [6.45, 7) is 7.93. The summed E-state index contributed by atoms with van der Waals surface area (Å²) in [4.78, 5) is 12.0. The SMILES string of the molecule is C=C1CCC(C(C)C)C(=O)CC(O)CCC1O. The smallest absolute Gasteiger partial charge is 0.138 e. The maximum absolute atomic E-state index is 12.0. The van der Waals surface area contributed by atoms with Gasteiger partial charge in [0.15, 0.2) is 0 Å². The fourth-order valence-electron chi connectivity index (χ4n) is 2.41. The molecule has 0 aliphatic heterocycles. The van der Waals surface area contributed by atoms with Crippen LogP contribution in [0.15, 0.2) is 12.2 Å². The van der Waals surface area contributed by atoms with Gasteiger partial charge in [0.1, 0.15) is 5.78 Å². The molecule has 98 valence electrons.